The molecule has 9 rings (SSSR count). The van der Waals surface area contributed by atoms with E-state index in [0.717, 1.165) is 51.4 Å². The zero-order valence-corrected chi connectivity index (χ0v) is 29.8. The Hall–Kier alpha value is -0.770. The molecular weight excluding hydrogens is 596 g/mol. The number of aliphatic carboxylic acids is 1. The van der Waals surface area contributed by atoms with Crippen molar-refractivity contribution in [3.8, 4) is 0 Å². The van der Waals surface area contributed by atoms with Gasteiger partial charge >= 0.3 is 5.97 Å². The van der Waals surface area contributed by atoms with Gasteiger partial charge in [-0.2, -0.15) is 0 Å². The summed E-state index contributed by atoms with van der Waals surface area (Å²) in [5, 5.41) is 21.3. The maximum Gasteiger partial charge on any atom is 0.303 e. The second-order valence-corrected chi connectivity index (χ2v) is 18.7. The summed E-state index contributed by atoms with van der Waals surface area (Å²) in [6.45, 7) is 13.9. The summed E-state index contributed by atoms with van der Waals surface area (Å²) < 4.78 is 20.4. The summed E-state index contributed by atoms with van der Waals surface area (Å²) in [5.41, 5.74) is -0.142. The number of ether oxygens (including phenoxy) is 3. The third kappa shape index (κ3) is 4.98. The van der Waals surface area contributed by atoms with Gasteiger partial charge in [-0.15, -0.1) is 0 Å². The lowest BCUT2D eigenvalue weighted by atomic mass is 9.43. The van der Waals surface area contributed by atoms with Crippen LogP contribution in [0.5, 0.6) is 0 Å². The summed E-state index contributed by atoms with van der Waals surface area (Å²) in [7, 11) is 0. The zero-order chi connectivity index (χ0) is 33.1. The number of carboxylic acids is 1. The molecule has 5 aliphatic carbocycles. The van der Waals surface area contributed by atoms with Crippen molar-refractivity contribution in [3.05, 3.63) is 0 Å². The lowest BCUT2D eigenvalue weighted by Gasteiger charge is -2.63. The van der Waals surface area contributed by atoms with E-state index in [9.17, 15) is 15.0 Å². The van der Waals surface area contributed by atoms with Crippen molar-refractivity contribution < 1.29 is 39.0 Å². The lowest BCUT2D eigenvalue weighted by Crippen LogP contribution is -2.70. The van der Waals surface area contributed by atoms with E-state index < -0.39 is 23.6 Å². The topological polar surface area (TPSA) is 104 Å². The molecule has 2 N–H and O–H groups in total. The van der Waals surface area contributed by atoms with Gasteiger partial charge in [-0.25, -0.2) is 9.78 Å². The van der Waals surface area contributed by atoms with Gasteiger partial charge in [-0.05, 0) is 142 Å². The first-order valence-electron chi connectivity index (χ1n) is 19.5. The Morgan fingerprint density at radius 2 is 1.60 bits per heavy atom. The van der Waals surface area contributed by atoms with Crippen molar-refractivity contribution in [2.75, 3.05) is 0 Å². The van der Waals surface area contributed by atoms with Crippen LogP contribution in [-0.4, -0.2) is 52.4 Å². The Labute approximate surface area is 282 Å². The van der Waals surface area contributed by atoms with E-state index in [1.165, 1.54) is 32.1 Å². The second-order valence-electron chi connectivity index (χ2n) is 18.7. The highest BCUT2D eigenvalue weighted by molar-refractivity contribution is 5.66. The highest BCUT2D eigenvalue weighted by Gasteiger charge is 2.70. The van der Waals surface area contributed by atoms with E-state index >= 15 is 0 Å². The number of fused-ring (bicyclic) bond motifs is 7. The van der Waals surface area contributed by atoms with Crippen LogP contribution in [0, 0.1) is 70.0 Å². The maximum atomic E-state index is 11.9. The number of hydrogen-bond acceptors (Lipinski definition) is 7. The average Bonchev–Trinajstić information content (AvgIpc) is 3.22. The Kier molecular flexibility index (Phi) is 8.26. The van der Waals surface area contributed by atoms with E-state index in [-0.39, 0.29) is 47.6 Å². The van der Waals surface area contributed by atoms with Gasteiger partial charge in [0.25, 0.3) is 0 Å². The highest BCUT2D eigenvalue weighted by Crippen LogP contribution is 2.69. The molecule has 4 aliphatic heterocycles. The first-order valence-corrected chi connectivity index (χ1v) is 19.5. The number of aliphatic hydroxyl groups excluding tert-OH is 1. The molecule has 2 bridgehead atoms. The van der Waals surface area contributed by atoms with Gasteiger partial charge in [0.15, 0.2) is 18.2 Å². The normalized spacial score (nSPS) is 57.2. The Bertz CT molecular complexity index is 1210. The molecule has 266 valence electrons. The summed E-state index contributed by atoms with van der Waals surface area (Å²) in [5.74, 6) is 2.72. The molecule has 47 heavy (non-hydrogen) atoms. The van der Waals surface area contributed by atoms with Crippen LogP contribution >= 0.6 is 0 Å². The van der Waals surface area contributed by atoms with Gasteiger partial charge in [-0.1, -0.05) is 34.6 Å². The van der Waals surface area contributed by atoms with E-state index in [1.54, 1.807) is 0 Å². The van der Waals surface area contributed by atoms with Crippen molar-refractivity contribution in [1.82, 2.24) is 0 Å². The SMILES string of the molecule is C[C@H]1[C@@H](O[C@@H]2CC[C@@]3(C)[C@@H](C2)C[C@@H](O)[C@@H]2[C@@H]3CC[C@]3(C)[C@@H]([C@H](C)CCC(=O)O)CC[C@@H]23)O[C@@H]2O[C@]3(C)CC[C@H]4[C@H](C)CC[C@@H]1[C@@]24OO3. The van der Waals surface area contributed by atoms with E-state index in [1.807, 2.05) is 6.92 Å². The number of rotatable bonds is 6. The van der Waals surface area contributed by atoms with Crippen molar-refractivity contribution in [2.24, 2.45) is 70.0 Å². The Morgan fingerprint density at radius 1 is 0.872 bits per heavy atom. The molecule has 1 spiro atoms. The van der Waals surface area contributed by atoms with E-state index in [0.29, 0.717) is 47.3 Å². The van der Waals surface area contributed by atoms with Crippen molar-refractivity contribution in [2.45, 2.75) is 168 Å². The molecule has 8 nitrogen and oxygen atoms in total. The summed E-state index contributed by atoms with van der Waals surface area (Å²) in [6, 6.07) is 0. The van der Waals surface area contributed by atoms with E-state index in [4.69, 9.17) is 24.0 Å². The third-order valence-corrected chi connectivity index (χ3v) is 16.6. The minimum absolute atomic E-state index is 0.118. The van der Waals surface area contributed by atoms with Gasteiger partial charge < -0.3 is 24.4 Å². The molecule has 9 fully saturated rings. The second kappa shape index (κ2) is 11.6. The minimum atomic E-state index is -0.782. The first-order chi connectivity index (χ1) is 22.3. The fourth-order valence-electron chi connectivity index (χ4n) is 14.1. The molecule has 4 heterocycles. The molecule has 5 saturated carbocycles. The van der Waals surface area contributed by atoms with Gasteiger partial charge in [0.05, 0.1) is 12.2 Å². The highest BCUT2D eigenvalue weighted by atomic mass is 17.3. The molecule has 0 radical (unpaired) electrons. The van der Waals surface area contributed by atoms with Crippen LogP contribution in [0.2, 0.25) is 0 Å². The van der Waals surface area contributed by atoms with Crippen molar-refractivity contribution in [1.29, 1.82) is 0 Å². The molecule has 18 atom stereocenters. The van der Waals surface area contributed by atoms with Crippen molar-refractivity contribution >= 4 is 5.97 Å². The monoisotopic (exact) mass is 658 g/mol. The molecule has 9 aliphatic rings. The summed E-state index contributed by atoms with van der Waals surface area (Å²) in [4.78, 5) is 23.7. The lowest BCUT2D eigenvalue weighted by molar-refractivity contribution is -0.578. The Balaban J connectivity index is 0.961. The largest absolute Gasteiger partial charge is 0.481 e. The van der Waals surface area contributed by atoms with Gasteiger partial charge in [0.1, 0.15) is 0 Å². The van der Waals surface area contributed by atoms with E-state index in [2.05, 4.69) is 34.6 Å². The van der Waals surface area contributed by atoms with Crippen LogP contribution in [0.3, 0.4) is 0 Å². The number of carboxylic acid groups (broad SMARTS) is 1. The van der Waals surface area contributed by atoms with Crippen LogP contribution in [-0.2, 0) is 28.8 Å². The smallest absolute Gasteiger partial charge is 0.303 e. The quantitative estimate of drug-likeness (QED) is 0.221. The fourth-order valence-corrected chi connectivity index (χ4v) is 14.1. The standard InChI is InChI=1S/C39H62O8/c1-21(8-12-32(41)42)26-10-11-29-33-30(14-17-37(26,29)5)36(4)16-13-25(19-24(36)20-31(33)40)43-34-23(3)28-9-7-22(2)27-15-18-38(6)45-35(44-34)39(27,28)47-46-38/h21-31,33-35,40H,7-20H2,1-6H3,(H,41,42)/t21-,22-,23-,24+,25-,26-,27+,28+,29+,30+,31-,33+,34+,35-,36+,37-,38+,39-/m1/s1. The zero-order valence-electron chi connectivity index (χ0n) is 29.8. The van der Waals surface area contributed by atoms with Crippen LogP contribution in [0.1, 0.15) is 131 Å². The molecule has 4 saturated heterocycles. The Morgan fingerprint density at radius 3 is 2.38 bits per heavy atom. The number of hydrogen-bond donors (Lipinski definition) is 2. The van der Waals surface area contributed by atoms with Crippen LogP contribution in [0.4, 0.5) is 0 Å². The predicted octanol–water partition coefficient (Wildman–Crippen LogP) is 7.71. The van der Waals surface area contributed by atoms with Crippen LogP contribution in [0.25, 0.3) is 0 Å². The summed E-state index contributed by atoms with van der Waals surface area (Å²) >= 11 is 0. The average molecular weight is 659 g/mol. The minimum Gasteiger partial charge on any atom is -0.481 e. The fraction of sp³-hybridized carbons (Fsp3) is 0.974. The van der Waals surface area contributed by atoms with Crippen LogP contribution < -0.4 is 0 Å². The predicted molar refractivity (Wildman–Crippen MR) is 174 cm³/mol. The van der Waals surface area contributed by atoms with Gasteiger partial charge in [0, 0.05) is 24.7 Å². The van der Waals surface area contributed by atoms with Crippen molar-refractivity contribution in [3.63, 3.8) is 0 Å². The summed E-state index contributed by atoms with van der Waals surface area (Å²) in [6.07, 6.45) is 12.9. The molecule has 8 heteroatoms. The molecule has 0 unspecified atom stereocenters. The molecule has 0 aromatic carbocycles. The van der Waals surface area contributed by atoms with Gasteiger partial charge in [-0.3, -0.25) is 4.79 Å². The van der Waals surface area contributed by atoms with Crippen LogP contribution in [0.15, 0.2) is 0 Å². The molecule has 0 aromatic rings. The molecule has 0 amide bonds. The van der Waals surface area contributed by atoms with Gasteiger partial charge in [0.2, 0.25) is 5.79 Å². The number of aliphatic hydroxyl groups is 1. The number of carbonyl (C=O) groups is 1. The molecule has 0 aromatic heterocycles. The maximum absolute atomic E-state index is 11.9. The molecular formula is C39H62O8. The third-order valence-electron chi connectivity index (χ3n) is 16.6. The first kappa shape index (κ1) is 33.4.